The minimum atomic E-state index is -1.01. The third-order valence-corrected chi connectivity index (χ3v) is 7.15. The number of carbonyl (C=O) groups is 1. The molecule has 0 spiro atoms. The molecule has 0 aliphatic carbocycles. The van der Waals surface area contributed by atoms with Gasteiger partial charge in [0.25, 0.3) is 5.91 Å². The number of benzene rings is 3. The number of aromatic nitrogens is 1. The number of ether oxygens (including phenoxy) is 2. The second kappa shape index (κ2) is 9.90. The fourth-order valence-electron chi connectivity index (χ4n) is 5.28. The number of pyridine rings is 1. The summed E-state index contributed by atoms with van der Waals surface area (Å²) in [5.74, 6) is -2.28. The summed E-state index contributed by atoms with van der Waals surface area (Å²) in [7, 11) is 1.65. The van der Waals surface area contributed by atoms with Crippen molar-refractivity contribution in [3.05, 3.63) is 129 Å². The van der Waals surface area contributed by atoms with Gasteiger partial charge in [-0.25, -0.2) is 8.78 Å². The topological polar surface area (TPSA) is 64.0 Å². The number of fused-ring (bicyclic) bond motifs is 4. The van der Waals surface area contributed by atoms with Crippen molar-refractivity contribution >= 4 is 5.91 Å². The molecule has 2 aliphatic rings. The van der Waals surface area contributed by atoms with Crippen LogP contribution in [-0.4, -0.2) is 35.3 Å². The Morgan fingerprint density at radius 1 is 0.949 bits per heavy atom. The Balaban J connectivity index is 1.57. The van der Waals surface area contributed by atoms with Gasteiger partial charge in [0.2, 0.25) is 5.43 Å². The summed E-state index contributed by atoms with van der Waals surface area (Å²) in [5, 5.41) is 1.90. The number of hydrogen-bond donors (Lipinski definition) is 0. The Kier molecular flexibility index (Phi) is 6.26. The molecule has 39 heavy (non-hydrogen) atoms. The van der Waals surface area contributed by atoms with Gasteiger partial charge in [-0.3, -0.25) is 19.3 Å². The van der Waals surface area contributed by atoms with E-state index < -0.39 is 35.2 Å². The van der Waals surface area contributed by atoms with Crippen LogP contribution < -0.4 is 19.9 Å². The molecule has 198 valence electrons. The summed E-state index contributed by atoms with van der Waals surface area (Å²) in [6, 6.07) is 21.5. The van der Waals surface area contributed by atoms with Crippen LogP contribution in [0.15, 0.2) is 89.9 Å². The summed E-state index contributed by atoms with van der Waals surface area (Å²) in [4.78, 5) is 28.3. The molecule has 1 unspecified atom stereocenters. The molecule has 0 radical (unpaired) electrons. The summed E-state index contributed by atoms with van der Waals surface area (Å²) >= 11 is 0. The summed E-state index contributed by atoms with van der Waals surface area (Å²) < 4.78 is 42.5. The van der Waals surface area contributed by atoms with Gasteiger partial charge in [-0.05, 0) is 17.2 Å². The number of amides is 1. The lowest BCUT2D eigenvalue weighted by molar-refractivity contribution is 0.0569. The highest BCUT2D eigenvalue weighted by Gasteiger charge is 2.43. The molecule has 4 aromatic rings. The van der Waals surface area contributed by atoms with Gasteiger partial charge in [0.15, 0.2) is 23.1 Å². The van der Waals surface area contributed by atoms with Gasteiger partial charge in [-0.1, -0.05) is 60.7 Å². The molecule has 0 fully saturated rings. The minimum absolute atomic E-state index is 0.0590. The first-order chi connectivity index (χ1) is 18.9. The van der Waals surface area contributed by atoms with Crippen LogP contribution in [0.5, 0.6) is 11.5 Å². The lowest BCUT2D eigenvalue weighted by Crippen LogP contribution is -2.62. The Hall–Kier alpha value is -4.66. The maximum Gasteiger partial charge on any atom is 0.277 e. The van der Waals surface area contributed by atoms with Crippen molar-refractivity contribution in [2.24, 2.45) is 0 Å². The molecule has 6 rings (SSSR count). The Morgan fingerprint density at radius 2 is 1.64 bits per heavy atom. The molecular formula is C30H25F2N3O4. The average molecular weight is 530 g/mol. The molecule has 2 atom stereocenters. The van der Waals surface area contributed by atoms with E-state index in [1.807, 2.05) is 65.7 Å². The highest BCUT2D eigenvalue weighted by Crippen LogP contribution is 2.41. The van der Waals surface area contributed by atoms with E-state index in [1.165, 1.54) is 17.2 Å². The van der Waals surface area contributed by atoms with Crippen LogP contribution in [0.3, 0.4) is 0 Å². The van der Waals surface area contributed by atoms with Gasteiger partial charge in [-0.2, -0.15) is 0 Å². The van der Waals surface area contributed by atoms with E-state index >= 15 is 0 Å². The molecule has 1 aromatic heterocycles. The van der Waals surface area contributed by atoms with Gasteiger partial charge < -0.3 is 14.4 Å². The van der Waals surface area contributed by atoms with Gasteiger partial charge in [0, 0.05) is 37.4 Å². The number of halogens is 2. The Morgan fingerprint density at radius 3 is 2.38 bits per heavy atom. The molecule has 3 heterocycles. The van der Waals surface area contributed by atoms with E-state index in [0.29, 0.717) is 12.0 Å². The van der Waals surface area contributed by atoms with Crippen LogP contribution in [0.25, 0.3) is 0 Å². The van der Waals surface area contributed by atoms with Crippen molar-refractivity contribution in [2.45, 2.75) is 25.2 Å². The first-order valence-corrected chi connectivity index (χ1v) is 12.6. The van der Waals surface area contributed by atoms with Crippen molar-refractivity contribution < 1.29 is 23.0 Å². The van der Waals surface area contributed by atoms with Crippen LogP contribution in [0.2, 0.25) is 0 Å². The maximum atomic E-state index is 14.7. The zero-order chi connectivity index (χ0) is 27.1. The quantitative estimate of drug-likeness (QED) is 0.386. The van der Waals surface area contributed by atoms with E-state index in [-0.39, 0.29) is 30.4 Å². The van der Waals surface area contributed by atoms with E-state index in [1.54, 1.807) is 11.7 Å². The largest absolute Gasteiger partial charge is 0.493 e. The molecule has 3 aromatic carbocycles. The summed E-state index contributed by atoms with van der Waals surface area (Å²) in [6.45, 7) is 0.252. The molecule has 7 nitrogen and oxygen atoms in total. The third kappa shape index (κ3) is 4.29. The first kappa shape index (κ1) is 24.7. The minimum Gasteiger partial charge on any atom is -0.493 e. The van der Waals surface area contributed by atoms with Crippen molar-refractivity contribution in [2.75, 3.05) is 18.7 Å². The predicted octanol–water partition coefficient (Wildman–Crippen LogP) is 4.63. The second-order valence-electron chi connectivity index (χ2n) is 9.51. The van der Waals surface area contributed by atoms with E-state index in [0.717, 1.165) is 23.3 Å². The fraction of sp³-hybridized carbons (Fsp3) is 0.200. The van der Waals surface area contributed by atoms with E-state index in [9.17, 15) is 18.4 Å². The van der Waals surface area contributed by atoms with Crippen molar-refractivity contribution in [3.63, 3.8) is 0 Å². The second-order valence-corrected chi connectivity index (χ2v) is 9.51. The van der Waals surface area contributed by atoms with E-state index in [4.69, 9.17) is 9.47 Å². The lowest BCUT2D eigenvalue weighted by atomic mass is 9.95. The molecule has 0 saturated carbocycles. The third-order valence-electron chi connectivity index (χ3n) is 7.15. The molecule has 0 bridgehead atoms. The van der Waals surface area contributed by atoms with Crippen LogP contribution >= 0.6 is 0 Å². The van der Waals surface area contributed by atoms with Crippen LogP contribution in [0.4, 0.5) is 8.78 Å². The van der Waals surface area contributed by atoms with Crippen LogP contribution in [0, 0.1) is 11.6 Å². The van der Waals surface area contributed by atoms with Gasteiger partial charge in [-0.15, -0.1) is 0 Å². The molecule has 0 N–H and O–H groups in total. The lowest BCUT2D eigenvalue weighted by Gasteiger charge is -2.50. The van der Waals surface area contributed by atoms with Crippen LogP contribution in [-0.2, 0) is 6.61 Å². The monoisotopic (exact) mass is 529 g/mol. The number of nitrogens with zero attached hydrogens (tertiary/aromatic N) is 3. The molecule has 1 amide bonds. The fourth-order valence-corrected chi connectivity index (χ4v) is 5.28. The number of hydrogen-bond acceptors (Lipinski definition) is 5. The van der Waals surface area contributed by atoms with Crippen molar-refractivity contribution in [1.82, 2.24) is 9.58 Å². The highest BCUT2D eigenvalue weighted by molar-refractivity contribution is 5.96. The van der Waals surface area contributed by atoms with E-state index in [2.05, 4.69) is 0 Å². The Bertz CT molecular complexity index is 1590. The smallest absolute Gasteiger partial charge is 0.277 e. The SMILES string of the molecule is CN1C(=O)c2c(OCc3ccccc3)c(=O)ccn2N2C(c3ccccc3)c3cc(F)c(F)cc3OCC[C@@H]12. The first-order valence-electron chi connectivity index (χ1n) is 12.6. The summed E-state index contributed by atoms with van der Waals surface area (Å²) in [5.41, 5.74) is 1.62. The maximum absolute atomic E-state index is 14.7. The van der Waals surface area contributed by atoms with Crippen LogP contribution in [0.1, 0.15) is 39.6 Å². The summed E-state index contributed by atoms with van der Waals surface area (Å²) in [6.07, 6.45) is 1.37. The zero-order valence-electron chi connectivity index (χ0n) is 21.1. The average Bonchev–Trinajstić information content (AvgIpc) is 2.94. The standard InChI is InChI=1S/C30H25F2N3O4/c1-33-26-13-15-38-25-17-23(32)22(31)16-21(25)27(20-10-6-3-7-11-20)35(26)34-14-12-24(36)29(28(34)30(33)37)39-18-19-8-4-2-5-9-19/h2-12,14,16-17,26-27H,13,15,18H2,1H3/t26-,27?/m0/s1. The highest BCUT2D eigenvalue weighted by atomic mass is 19.2. The molecule has 2 aliphatic heterocycles. The predicted molar refractivity (Wildman–Crippen MR) is 140 cm³/mol. The number of rotatable bonds is 4. The van der Waals surface area contributed by atoms with Gasteiger partial charge in [0.1, 0.15) is 24.6 Å². The molecule has 9 heteroatoms. The van der Waals surface area contributed by atoms with Gasteiger partial charge in [0.05, 0.1) is 6.61 Å². The Labute approximate surface area is 223 Å². The zero-order valence-corrected chi connectivity index (χ0v) is 21.1. The van der Waals surface area contributed by atoms with Gasteiger partial charge >= 0.3 is 0 Å². The van der Waals surface area contributed by atoms with Crippen molar-refractivity contribution in [3.8, 4) is 11.5 Å². The number of carbonyl (C=O) groups excluding carboxylic acids is 1. The normalized spacial score (nSPS) is 18.3. The molecular weight excluding hydrogens is 504 g/mol. The molecule has 0 saturated heterocycles. The van der Waals surface area contributed by atoms with Crippen molar-refractivity contribution in [1.29, 1.82) is 0 Å².